The van der Waals surface area contributed by atoms with Gasteiger partial charge >= 0.3 is 0 Å². The summed E-state index contributed by atoms with van der Waals surface area (Å²) in [6.07, 6.45) is 0. The largest absolute Gasteiger partial charge is 0.364 e. The molecular weight excluding hydrogens is 112 g/mol. The average Bonchev–Trinajstić information content (AvgIpc) is 2.14. The molecule has 9 heavy (non-hydrogen) atoms. The molecule has 0 aromatic carbocycles. The minimum atomic E-state index is 1.16. The van der Waals surface area contributed by atoms with Gasteiger partial charge in [-0.3, -0.25) is 0 Å². The molecule has 0 aliphatic rings. The van der Waals surface area contributed by atoms with Gasteiger partial charge in [-0.1, -0.05) is 0 Å². The van der Waals surface area contributed by atoms with Crippen LogP contribution >= 0.6 is 0 Å². The number of aromatic nitrogens is 1. The van der Waals surface area contributed by atoms with E-state index in [1.165, 1.54) is 5.69 Å². The van der Waals surface area contributed by atoms with Crippen LogP contribution in [0.3, 0.4) is 0 Å². The van der Waals surface area contributed by atoms with Crippen molar-refractivity contribution in [3.63, 3.8) is 0 Å². The predicted octanol–water partition coefficient (Wildman–Crippen LogP) is 1.39. The van der Waals surface area contributed by atoms with Crippen LogP contribution in [0.25, 0.3) is 0 Å². The van der Waals surface area contributed by atoms with Crippen molar-refractivity contribution in [1.82, 2.24) is 4.98 Å². The number of anilines is 1. The molecule has 0 fully saturated rings. The second kappa shape index (κ2) is 2.13. The highest BCUT2D eigenvalue weighted by Crippen LogP contribution is 2.07. The van der Waals surface area contributed by atoms with Gasteiger partial charge < -0.3 is 9.88 Å². The van der Waals surface area contributed by atoms with Crippen molar-refractivity contribution in [3.8, 4) is 0 Å². The quantitative estimate of drug-likeness (QED) is 0.599. The lowest BCUT2D eigenvalue weighted by molar-refractivity contribution is 1.07. The van der Waals surface area contributed by atoms with Crippen LogP contribution in [0.4, 0.5) is 5.82 Å². The van der Waals surface area contributed by atoms with Crippen molar-refractivity contribution < 1.29 is 0 Å². The molecule has 0 unspecified atom stereocenters. The molecular formula is C7H12N2. The van der Waals surface area contributed by atoms with Crippen LogP contribution in [0, 0.1) is 6.92 Å². The first kappa shape index (κ1) is 6.20. The smallest absolute Gasteiger partial charge is 0.105 e. The van der Waals surface area contributed by atoms with Crippen LogP contribution in [0.15, 0.2) is 12.1 Å². The standard InChI is InChI=1S/C7H12N2/c1-6-4-5-7(8-6)9(2)3/h4-5,8H,1-3H3. The van der Waals surface area contributed by atoms with Crippen molar-refractivity contribution in [2.75, 3.05) is 19.0 Å². The number of H-pyrrole nitrogens is 1. The molecule has 2 nitrogen and oxygen atoms in total. The number of aromatic amines is 1. The van der Waals surface area contributed by atoms with E-state index in [0.29, 0.717) is 0 Å². The first-order valence-electron chi connectivity index (χ1n) is 3.03. The first-order chi connectivity index (χ1) is 4.20. The monoisotopic (exact) mass is 124 g/mol. The van der Waals surface area contributed by atoms with E-state index < -0.39 is 0 Å². The third kappa shape index (κ3) is 1.25. The number of aryl methyl sites for hydroxylation is 1. The second-order valence-electron chi connectivity index (χ2n) is 2.42. The Labute approximate surface area is 55.5 Å². The molecule has 1 rings (SSSR count). The predicted molar refractivity (Wildman–Crippen MR) is 39.9 cm³/mol. The van der Waals surface area contributed by atoms with E-state index in [-0.39, 0.29) is 0 Å². The normalized spacial score (nSPS) is 9.67. The minimum Gasteiger partial charge on any atom is -0.364 e. The molecule has 0 amide bonds. The molecule has 0 spiro atoms. The Bertz CT molecular complexity index is 189. The second-order valence-corrected chi connectivity index (χ2v) is 2.42. The van der Waals surface area contributed by atoms with Gasteiger partial charge in [0, 0.05) is 19.8 Å². The van der Waals surface area contributed by atoms with Gasteiger partial charge in [-0.05, 0) is 19.1 Å². The minimum absolute atomic E-state index is 1.16. The molecule has 0 bridgehead atoms. The van der Waals surface area contributed by atoms with Gasteiger partial charge in [0.05, 0.1) is 0 Å². The van der Waals surface area contributed by atoms with Crippen LogP contribution < -0.4 is 4.90 Å². The van der Waals surface area contributed by atoms with E-state index in [1.54, 1.807) is 0 Å². The molecule has 1 heterocycles. The Morgan fingerprint density at radius 2 is 2.00 bits per heavy atom. The molecule has 0 radical (unpaired) electrons. The van der Waals surface area contributed by atoms with E-state index in [4.69, 9.17) is 0 Å². The van der Waals surface area contributed by atoms with Gasteiger partial charge in [-0.2, -0.15) is 0 Å². The Morgan fingerprint density at radius 3 is 2.22 bits per heavy atom. The lowest BCUT2D eigenvalue weighted by Crippen LogP contribution is -2.08. The summed E-state index contributed by atoms with van der Waals surface area (Å²) in [7, 11) is 4.04. The lowest BCUT2D eigenvalue weighted by atomic mass is 10.5. The molecule has 0 saturated heterocycles. The molecule has 1 aromatic heterocycles. The highest BCUT2D eigenvalue weighted by atomic mass is 15.1. The van der Waals surface area contributed by atoms with Crippen LogP contribution in [-0.4, -0.2) is 19.1 Å². The zero-order chi connectivity index (χ0) is 6.85. The molecule has 1 aromatic rings. The molecule has 1 N–H and O–H groups in total. The average molecular weight is 124 g/mol. The molecule has 2 heteroatoms. The third-order valence-corrected chi connectivity index (χ3v) is 1.30. The molecule has 0 saturated carbocycles. The number of nitrogens with one attached hydrogen (secondary N) is 1. The summed E-state index contributed by atoms with van der Waals surface area (Å²) >= 11 is 0. The Balaban J connectivity index is 2.85. The van der Waals surface area contributed by atoms with E-state index in [2.05, 4.69) is 17.1 Å². The van der Waals surface area contributed by atoms with Gasteiger partial charge in [0.2, 0.25) is 0 Å². The fourth-order valence-electron chi connectivity index (χ4n) is 0.750. The van der Waals surface area contributed by atoms with Crippen molar-refractivity contribution >= 4 is 5.82 Å². The van der Waals surface area contributed by atoms with E-state index in [1.807, 2.05) is 25.9 Å². The third-order valence-electron chi connectivity index (χ3n) is 1.30. The number of hydrogen-bond acceptors (Lipinski definition) is 1. The molecule has 0 atom stereocenters. The van der Waals surface area contributed by atoms with E-state index in [0.717, 1.165) is 5.82 Å². The lowest BCUT2D eigenvalue weighted by Gasteiger charge is -2.07. The topological polar surface area (TPSA) is 19.0 Å². The maximum absolute atomic E-state index is 3.20. The number of rotatable bonds is 1. The van der Waals surface area contributed by atoms with Crippen molar-refractivity contribution in [1.29, 1.82) is 0 Å². The summed E-state index contributed by atoms with van der Waals surface area (Å²) in [5.74, 6) is 1.16. The number of nitrogens with zero attached hydrogens (tertiary/aromatic N) is 1. The van der Waals surface area contributed by atoms with Crippen molar-refractivity contribution in [2.45, 2.75) is 6.92 Å². The highest BCUT2D eigenvalue weighted by molar-refractivity contribution is 5.38. The zero-order valence-corrected chi connectivity index (χ0v) is 6.10. The highest BCUT2D eigenvalue weighted by Gasteiger charge is 1.93. The molecule has 50 valence electrons. The van der Waals surface area contributed by atoms with Crippen molar-refractivity contribution in [3.05, 3.63) is 17.8 Å². The van der Waals surface area contributed by atoms with Crippen LogP contribution in [0.1, 0.15) is 5.69 Å². The van der Waals surface area contributed by atoms with Gasteiger partial charge in [0.1, 0.15) is 5.82 Å². The van der Waals surface area contributed by atoms with E-state index >= 15 is 0 Å². The summed E-state index contributed by atoms with van der Waals surface area (Å²) < 4.78 is 0. The van der Waals surface area contributed by atoms with Crippen LogP contribution in [0.5, 0.6) is 0 Å². The van der Waals surface area contributed by atoms with Gasteiger partial charge in [0.15, 0.2) is 0 Å². The van der Waals surface area contributed by atoms with Gasteiger partial charge in [-0.15, -0.1) is 0 Å². The molecule has 0 aliphatic heterocycles. The Hall–Kier alpha value is -0.920. The fraction of sp³-hybridized carbons (Fsp3) is 0.429. The summed E-state index contributed by atoms with van der Waals surface area (Å²) in [5, 5.41) is 0. The number of hydrogen-bond donors (Lipinski definition) is 1. The molecule has 0 aliphatic carbocycles. The van der Waals surface area contributed by atoms with Crippen molar-refractivity contribution in [2.24, 2.45) is 0 Å². The first-order valence-corrected chi connectivity index (χ1v) is 3.03. The van der Waals surface area contributed by atoms with Gasteiger partial charge in [-0.25, -0.2) is 0 Å². The van der Waals surface area contributed by atoms with Gasteiger partial charge in [0.25, 0.3) is 0 Å². The Kier molecular flexibility index (Phi) is 1.47. The van der Waals surface area contributed by atoms with Crippen LogP contribution in [-0.2, 0) is 0 Å². The van der Waals surface area contributed by atoms with E-state index in [9.17, 15) is 0 Å². The zero-order valence-electron chi connectivity index (χ0n) is 6.10. The maximum atomic E-state index is 3.20. The summed E-state index contributed by atoms with van der Waals surface area (Å²) in [6.45, 7) is 2.05. The summed E-state index contributed by atoms with van der Waals surface area (Å²) in [4.78, 5) is 5.25. The maximum Gasteiger partial charge on any atom is 0.105 e. The SMILES string of the molecule is Cc1ccc(N(C)C)[nH]1. The van der Waals surface area contributed by atoms with Crippen LogP contribution in [0.2, 0.25) is 0 Å². The summed E-state index contributed by atoms with van der Waals surface area (Å²) in [6, 6.07) is 4.13. The fourth-order valence-corrected chi connectivity index (χ4v) is 0.750. The summed E-state index contributed by atoms with van der Waals surface area (Å²) in [5.41, 5.74) is 1.21. The Morgan fingerprint density at radius 1 is 1.33 bits per heavy atom.